The van der Waals surface area contributed by atoms with E-state index in [-0.39, 0.29) is 6.10 Å². The van der Waals surface area contributed by atoms with Crippen LogP contribution in [0.25, 0.3) is 17.1 Å². The van der Waals surface area contributed by atoms with Crippen molar-refractivity contribution in [2.24, 2.45) is 0 Å². The number of aromatic nitrogens is 5. The van der Waals surface area contributed by atoms with E-state index in [2.05, 4.69) is 28.7 Å². The monoisotopic (exact) mass is 378 g/mol. The van der Waals surface area contributed by atoms with Crippen LogP contribution < -0.4 is 0 Å². The van der Waals surface area contributed by atoms with Crippen LogP contribution in [-0.4, -0.2) is 61.5 Å². The van der Waals surface area contributed by atoms with E-state index in [4.69, 9.17) is 14.8 Å². The van der Waals surface area contributed by atoms with Crippen LogP contribution in [0, 0.1) is 6.92 Å². The van der Waals surface area contributed by atoms with Gasteiger partial charge in [0.15, 0.2) is 5.82 Å². The second-order valence-corrected chi connectivity index (χ2v) is 7.44. The van der Waals surface area contributed by atoms with Gasteiger partial charge in [0.2, 0.25) is 0 Å². The van der Waals surface area contributed by atoms with Crippen LogP contribution in [0.1, 0.15) is 25.4 Å². The van der Waals surface area contributed by atoms with Gasteiger partial charge < -0.3 is 4.74 Å². The number of pyridine rings is 2. The minimum atomic E-state index is 0.104. The molecule has 1 fully saturated rings. The van der Waals surface area contributed by atoms with Gasteiger partial charge in [0.25, 0.3) is 0 Å². The van der Waals surface area contributed by atoms with Crippen molar-refractivity contribution in [3.8, 4) is 17.1 Å². The van der Waals surface area contributed by atoms with Crippen LogP contribution in [0.3, 0.4) is 0 Å². The molecule has 4 heterocycles. The molecule has 0 radical (unpaired) electrons. The lowest BCUT2D eigenvalue weighted by Gasteiger charge is -2.35. The lowest BCUT2D eigenvalue weighted by Crippen LogP contribution is -2.46. The third-order valence-corrected chi connectivity index (χ3v) is 5.05. The fourth-order valence-corrected chi connectivity index (χ4v) is 3.51. The van der Waals surface area contributed by atoms with Gasteiger partial charge in [-0.05, 0) is 45.0 Å². The van der Waals surface area contributed by atoms with Crippen molar-refractivity contribution in [3.05, 3.63) is 54.4 Å². The summed E-state index contributed by atoms with van der Waals surface area (Å²) >= 11 is 0. The smallest absolute Gasteiger partial charge is 0.181 e. The molecule has 0 unspecified atom stereocenters. The van der Waals surface area contributed by atoms with Gasteiger partial charge in [0.1, 0.15) is 5.82 Å². The van der Waals surface area contributed by atoms with E-state index in [0.717, 1.165) is 42.5 Å². The summed E-state index contributed by atoms with van der Waals surface area (Å²) in [5, 5.41) is 4.79. The molecule has 4 rings (SSSR count). The first-order valence-electron chi connectivity index (χ1n) is 9.75. The zero-order chi connectivity index (χ0) is 19.5. The maximum Gasteiger partial charge on any atom is 0.181 e. The molecule has 1 aliphatic rings. The van der Waals surface area contributed by atoms with Crippen LogP contribution in [0.2, 0.25) is 0 Å². The first kappa shape index (κ1) is 18.7. The van der Waals surface area contributed by atoms with E-state index >= 15 is 0 Å². The Labute approximate surface area is 165 Å². The number of ether oxygens (including phenoxy) is 1. The van der Waals surface area contributed by atoms with Crippen LogP contribution in [0.15, 0.2) is 42.9 Å². The van der Waals surface area contributed by atoms with Crippen molar-refractivity contribution in [1.82, 2.24) is 29.6 Å². The predicted molar refractivity (Wildman–Crippen MR) is 107 cm³/mol. The van der Waals surface area contributed by atoms with Gasteiger partial charge in [0, 0.05) is 55.4 Å². The Balaban J connectivity index is 1.67. The highest BCUT2D eigenvalue weighted by Gasteiger charge is 2.25. The summed E-state index contributed by atoms with van der Waals surface area (Å²) < 4.78 is 7.97. The van der Waals surface area contributed by atoms with Gasteiger partial charge in [0.05, 0.1) is 18.4 Å². The minimum absolute atomic E-state index is 0.104. The molecular formula is C21H26N6O. The Morgan fingerprint density at radius 3 is 2.75 bits per heavy atom. The van der Waals surface area contributed by atoms with Crippen molar-refractivity contribution < 1.29 is 4.74 Å². The van der Waals surface area contributed by atoms with Gasteiger partial charge in [-0.2, -0.15) is 0 Å². The predicted octanol–water partition coefficient (Wildman–Crippen LogP) is 2.68. The molecule has 1 saturated heterocycles. The molecule has 0 saturated carbocycles. The molecule has 146 valence electrons. The molecule has 1 aliphatic heterocycles. The van der Waals surface area contributed by atoms with Gasteiger partial charge >= 0.3 is 0 Å². The number of nitrogens with zero attached hydrogens (tertiary/aromatic N) is 6. The van der Waals surface area contributed by atoms with Crippen LogP contribution in [-0.2, 0) is 11.2 Å². The minimum Gasteiger partial charge on any atom is -0.375 e. The number of hydrogen-bond acceptors (Lipinski definition) is 6. The molecule has 7 heteroatoms. The third kappa shape index (κ3) is 4.10. The molecule has 0 N–H and O–H groups in total. The average molecular weight is 378 g/mol. The highest BCUT2D eigenvalue weighted by atomic mass is 16.5. The van der Waals surface area contributed by atoms with E-state index in [1.165, 1.54) is 0 Å². The van der Waals surface area contributed by atoms with Gasteiger partial charge in [-0.1, -0.05) is 0 Å². The van der Waals surface area contributed by atoms with E-state index in [1.54, 1.807) is 18.6 Å². The molecule has 0 amide bonds. The maximum absolute atomic E-state index is 6.05. The van der Waals surface area contributed by atoms with Crippen molar-refractivity contribution in [2.45, 2.75) is 39.3 Å². The first-order chi connectivity index (χ1) is 13.6. The zero-order valence-corrected chi connectivity index (χ0v) is 16.6. The van der Waals surface area contributed by atoms with Crippen molar-refractivity contribution in [1.29, 1.82) is 0 Å². The number of morpholine rings is 1. The number of rotatable bonds is 5. The molecule has 28 heavy (non-hydrogen) atoms. The second-order valence-electron chi connectivity index (χ2n) is 7.44. The van der Waals surface area contributed by atoms with Crippen LogP contribution >= 0.6 is 0 Å². The molecule has 3 aromatic heterocycles. The topological polar surface area (TPSA) is 69.0 Å². The molecular weight excluding hydrogens is 352 g/mol. The highest BCUT2D eigenvalue weighted by molar-refractivity contribution is 5.54. The Kier molecular flexibility index (Phi) is 5.45. The molecule has 0 aliphatic carbocycles. The van der Waals surface area contributed by atoms with Crippen molar-refractivity contribution >= 4 is 0 Å². The molecule has 0 bridgehead atoms. The Hall–Kier alpha value is -2.64. The average Bonchev–Trinajstić information content (AvgIpc) is 3.13. The fourth-order valence-electron chi connectivity index (χ4n) is 3.51. The van der Waals surface area contributed by atoms with E-state index in [0.29, 0.717) is 18.3 Å². The van der Waals surface area contributed by atoms with Crippen molar-refractivity contribution in [2.75, 3.05) is 19.7 Å². The van der Waals surface area contributed by atoms with Crippen LogP contribution in [0.5, 0.6) is 0 Å². The maximum atomic E-state index is 6.05. The van der Waals surface area contributed by atoms with E-state index < -0.39 is 0 Å². The quantitative estimate of drug-likeness (QED) is 0.680. The lowest BCUT2D eigenvalue weighted by molar-refractivity contribution is -0.0387. The van der Waals surface area contributed by atoms with Gasteiger partial charge in [-0.15, -0.1) is 5.10 Å². The summed E-state index contributed by atoms with van der Waals surface area (Å²) in [6.07, 6.45) is 6.14. The lowest BCUT2D eigenvalue weighted by atomic mass is 10.1. The SMILES string of the molecule is Cc1cc(-n2nc(-c3ccncc3)nc2C[C@H]2CN(C(C)C)CCO2)ccn1. The van der Waals surface area contributed by atoms with Gasteiger partial charge in [-0.25, -0.2) is 9.67 Å². The van der Waals surface area contributed by atoms with E-state index in [1.807, 2.05) is 35.9 Å². The highest BCUT2D eigenvalue weighted by Crippen LogP contribution is 2.20. The summed E-state index contributed by atoms with van der Waals surface area (Å²) in [5.41, 5.74) is 2.87. The normalized spacial score (nSPS) is 17.9. The summed E-state index contributed by atoms with van der Waals surface area (Å²) in [5.74, 6) is 1.59. The Morgan fingerprint density at radius 2 is 2.00 bits per heavy atom. The van der Waals surface area contributed by atoms with Crippen LogP contribution in [0.4, 0.5) is 0 Å². The molecule has 7 nitrogen and oxygen atoms in total. The molecule has 1 atom stereocenters. The fraction of sp³-hybridized carbons (Fsp3) is 0.429. The molecule has 3 aromatic rings. The first-order valence-corrected chi connectivity index (χ1v) is 9.75. The molecule has 0 spiro atoms. The number of aryl methyl sites for hydroxylation is 1. The standard InChI is InChI=1S/C21H26N6O/c1-15(2)26-10-11-28-19(14-26)13-20-24-21(17-4-7-22-8-5-17)25-27(20)18-6-9-23-16(3)12-18/h4-9,12,15,19H,10-11,13-14H2,1-3H3/t19-/m0/s1. The largest absolute Gasteiger partial charge is 0.375 e. The van der Waals surface area contributed by atoms with Crippen molar-refractivity contribution in [3.63, 3.8) is 0 Å². The van der Waals surface area contributed by atoms with Gasteiger partial charge in [-0.3, -0.25) is 14.9 Å². The Morgan fingerprint density at radius 1 is 1.18 bits per heavy atom. The van der Waals surface area contributed by atoms with E-state index in [9.17, 15) is 0 Å². The Bertz CT molecular complexity index is 924. The summed E-state index contributed by atoms with van der Waals surface area (Å²) in [6.45, 7) is 9.08. The summed E-state index contributed by atoms with van der Waals surface area (Å²) in [6, 6.07) is 8.36. The zero-order valence-electron chi connectivity index (χ0n) is 16.6. The number of hydrogen-bond donors (Lipinski definition) is 0. The summed E-state index contributed by atoms with van der Waals surface area (Å²) in [7, 11) is 0. The summed E-state index contributed by atoms with van der Waals surface area (Å²) in [4.78, 5) is 15.7. The second kappa shape index (κ2) is 8.16. The molecule has 0 aromatic carbocycles. The third-order valence-electron chi connectivity index (χ3n) is 5.05.